The number of hydrogen-bond acceptors (Lipinski definition) is 5. The molecule has 0 unspecified atom stereocenters. The van der Waals surface area contributed by atoms with Crippen LogP contribution in [0.3, 0.4) is 0 Å². The third-order valence-corrected chi connectivity index (χ3v) is 2.47. The minimum atomic E-state index is -0.425. The Balaban J connectivity index is 1.95. The maximum Gasteiger partial charge on any atom is 0.269 e. The number of anilines is 1. The lowest BCUT2D eigenvalue weighted by Gasteiger charge is -2.02. The summed E-state index contributed by atoms with van der Waals surface area (Å²) >= 11 is 0. The van der Waals surface area contributed by atoms with Crippen LogP contribution in [0.15, 0.2) is 34.9 Å². The molecule has 0 fully saturated rings. The van der Waals surface area contributed by atoms with Gasteiger partial charge in [-0.1, -0.05) is 6.92 Å². The molecule has 0 aliphatic heterocycles. The Morgan fingerprint density at radius 3 is 2.67 bits per heavy atom. The van der Waals surface area contributed by atoms with Crippen LogP contribution >= 0.6 is 0 Å². The second-order valence-corrected chi connectivity index (χ2v) is 3.73. The summed E-state index contributed by atoms with van der Waals surface area (Å²) in [7, 11) is 0. The highest BCUT2D eigenvalue weighted by molar-refractivity contribution is 5.48. The van der Waals surface area contributed by atoms with Crippen LogP contribution in [0, 0.1) is 10.1 Å². The van der Waals surface area contributed by atoms with Crippen molar-refractivity contribution < 1.29 is 9.34 Å². The van der Waals surface area contributed by atoms with Gasteiger partial charge in [-0.3, -0.25) is 10.1 Å². The van der Waals surface area contributed by atoms with Crippen LogP contribution in [-0.2, 0) is 13.0 Å². The first kappa shape index (κ1) is 12.1. The molecular formula is C12H13N3O3. The fourth-order valence-electron chi connectivity index (χ4n) is 1.47. The van der Waals surface area contributed by atoms with E-state index in [1.165, 1.54) is 12.1 Å². The van der Waals surface area contributed by atoms with Crippen molar-refractivity contribution in [3.05, 3.63) is 52.2 Å². The molecule has 0 saturated carbocycles. The van der Waals surface area contributed by atoms with Gasteiger partial charge in [0.1, 0.15) is 5.76 Å². The third kappa shape index (κ3) is 2.85. The van der Waals surface area contributed by atoms with Gasteiger partial charge in [0.05, 0.1) is 17.7 Å². The molecule has 0 aliphatic carbocycles. The van der Waals surface area contributed by atoms with E-state index in [4.69, 9.17) is 4.42 Å². The minimum absolute atomic E-state index is 0.0740. The fourth-order valence-corrected chi connectivity index (χ4v) is 1.47. The Morgan fingerprint density at radius 1 is 1.39 bits per heavy atom. The van der Waals surface area contributed by atoms with Gasteiger partial charge in [0.25, 0.3) is 5.69 Å². The van der Waals surface area contributed by atoms with Crippen LogP contribution in [0.2, 0.25) is 0 Å². The molecule has 94 valence electrons. The molecule has 18 heavy (non-hydrogen) atoms. The lowest BCUT2D eigenvalue weighted by Crippen LogP contribution is -1.99. The standard InChI is InChI=1S/C12H13N3O3/c1-2-11-7-14-12(18-11)8-13-9-3-5-10(6-4-9)15(16)17/h3-7,13H,2,8H2,1H3. The van der Waals surface area contributed by atoms with E-state index in [2.05, 4.69) is 10.3 Å². The molecule has 1 aromatic carbocycles. The van der Waals surface area contributed by atoms with E-state index >= 15 is 0 Å². The van der Waals surface area contributed by atoms with Crippen LogP contribution in [0.1, 0.15) is 18.6 Å². The smallest absolute Gasteiger partial charge is 0.269 e. The van der Waals surface area contributed by atoms with Crippen LogP contribution in [0.5, 0.6) is 0 Å². The van der Waals surface area contributed by atoms with Gasteiger partial charge in [-0.15, -0.1) is 0 Å². The lowest BCUT2D eigenvalue weighted by molar-refractivity contribution is -0.384. The number of nitrogens with one attached hydrogen (secondary N) is 1. The maximum atomic E-state index is 10.5. The second-order valence-electron chi connectivity index (χ2n) is 3.73. The summed E-state index contributed by atoms with van der Waals surface area (Å²) in [6.45, 7) is 2.45. The normalized spacial score (nSPS) is 10.3. The van der Waals surface area contributed by atoms with E-state index in [1.807, 2.05) is 6.92 Å². The highest BCUT2D eigenvalue weighted by Crippen LogP contribution is 2.16. The van der Waals surface area contributed by atoms with Crippen LogP contribution in [-0.4, -0.2) is 9.91 Å². The molecule has 1 heterocycles. The largest absolute Gasteiger partial charge is 0.444 e. The Bertz CT molecular complexity index is 534. The van der Waals surface area contributed by atoms with Crippen LogP contribution in [0.25, 0.3) is 0 Å². The van der Waals surface area contributed by atoms with Gasteiger partial charge in [-0.2, -0.15) is 0 Å². The molecule has 0 bridgehead atoms. The van der Waals surface area contributed by atoms with Crippen molar-refractivity contribution in [2.75, 3.05) is 5.32 Å². The number of rotatable bonds is 5. The first-order valence-corrected chi connectivity index (χ1v) is 5.61. The molecule has 0 radical (unpaired) electrons. The quantitative estimate of drug-likeness (QED) is 0.649. The predicted octanol–water partition coefficient (Wildman–Crippen LogP) is 2.76. The van der Waals surface area contributed by atoms with Crippen molar-refractivity contribution in [3.63, 3.8) is 0 Å². The SMILES string of the molecule is CCc1cnc(CNc2ccc([N+](=O)[O-])cc2)o1. The molecule has 0 aliphatic rings. The zero-order valence-corrected chi connectivity index (χ0v) is 9.92. The highest BCUT2D eigenvalue weighted by atomic mass is 16.6. The number of hydrogen-bond donors (Lipinski definition) is 1. The number of aryl methyl sites for hydroxylation is 1. The van der Waals surface area contributed by atoms with E-state index in [0.29, 0.717) is 12.4 Å². The third-order valence-electron chi connectivity index (χ3n) is 2.47. The van der Waals surface area contributed by atoms with E-state index in [0.717, 1.165) is 17.9 Å². The van der Waals surface area contributed by atoms with E-state index in [1.54, 1.807) is 18.3 Å². The van der Waals surface area contributed by atoms with E-state index in [-0.39, 0.29) is 5.69 Å². The van der Waals surface area contributed by atoms with Crippen LogP contribution < -0.4 is 5.32 Å². The molecule has 0 amide bonds. The van der Waals surface area contributed by atoms with Gasteiger partial charge in [0.2, 0.25) is 5.89 Å². The number of aromatic nitrogens is 1. The van der Waals surface area contributed by atoms with Crippen molar-refractivity contribution in [2.45, 2.75) is 19.9 Å². The summed E-state index contributed by atoms with van der Waals surface area (Å²) in [6.07, 6.45) is 2.51. The second kappa shape index (κ2) is 5.31. The number of nitrogens with zero attached hydrogens (tertiary/aromatic N) is 2. The van der Waals surface area contributed by atoms with Gasteiger partial charge in [-0.05, 0) is 12.1 Å². The van der Waals surface area contributed by atoms with Gasteiger partial charge < -0.3 is 9.73 Å². The molecule has 6 heteroatoms. The zero-order chi connectivity index (χ0) is 13.0. The molecule has 1 aromatic heterocycles. The van der Waals surface area contributed by atoms with E-state index < -0.39 is 4.92 Å². The van der Waals surface area contributed by atoms with Crippen molar-refractivity contribution in [3.8, 4) is 0 Å². The van der Waals surface area contributed by atoms with E-state index in [9.17, 15) is 10.1 Å². The highest BCUT2D eigenvalue weighted by Gasteiger charge is 2.05. The molecule has 6 nitrogen and oxygen atoms in total. The molecule has 0 saturated heterocycles. The summed E-state index contributed by atoms with van der Waals surface area (Å²) in [5.41, 5.74) is 0.863. The Hall–Kier alpha value is -2.37. The molecule has 1 N–H and O–H groups in total. The molecular weight excluding hydrogens is 234 g/mol. The number of non-ortho nitro benzene ring substituents is 1. The fraction of sp³-hybridized carbons (Fsp3) is 0.250. The Labute approximate surface area is 104 Å². The summed E-state index contributed by atoms with van der Waals surface area (Å²) in [4.78, 5) is 14.2. The minimum Gasteiger partial charge on any atom is -0.444 e. The number of oxazole rings is 1. The molecule has 0 spiro atoms. The van der Waals surface area contributed by atoms with Gasteiger partial charge >= 0.3 is 0 Å². The number of nitro groups is 1. The molecule has 2 rings (SSSR count). The Morgan fingerprint density at radius 2 is 2.11 bits per heavy atom. The van der Waals surface area contributed by atoms with Crippen molar-refractivity contribution in [1.29, 1.82) is 0 Å². The Kier molecular flexibility index (Phi) is 3.57. The van der Waals surface area contributed by atoms with Crippen LogP contribution in [0.4, 0.5) is 11.4 Å². The predicted molar refractivity (Wildman–Crippen MR) is 66.3 cm³/mol. The number of benzene rings is 1. The monoisotopic (exact) mass is 247 g/mol. The topological polar surface area (TPSA) is 81.2 Å². The summed E-state index contributed by atoms with van der Waals surface area (Å²) in [5, 5.41) is 13.6. The summed E-state index contributed by atoms with van der Waals surface area (Å²) < 4.78 is 5.43. The van der Waals surface area contributed by atoms with Gasteiger partial charge in [0.15, 0.2) is 0 Å². The van der Waals surface area contributed by atoms with Crippen molar-refractivity contribution in [2.24, 2.45) is 0 Å². The first-order valence-electron chi connectivity index (χ1n) is 5.61. The number of nitro benzene ring substituents is 1. The zero-order valence-electron chi connectivity index (χ0n) is 9.92. The first-order chi connectivity index (χ1) is 8.69. The average Bonchev–Trinajstić information content (AvgIpc) is 2.85. The van der Waals surface area contributed by atoms with Crippen molar-refractivity contribution in [1.82, 2.24) is 4.98 Å². The summed E-state index contributed by atoms with van der Waals surface area (Å²) in [6, 6.07) is 6.22. The molecule has 0 atom stereocenters. The average molecular weight is 247 g/mol. The maximum absolute atomic E-state index is 10.5. The van der Waals surface area contributed by atoms with Gasteiger partial charge in [0, 0.05) is 24.2 Å². The van der Waals surface area contributed by atoms with Gasteiger partial charge in [-0.25, -0.2) is 4.98 Å². The molecule has 2 aromatic rings. The summed E-state index contributed by atoms with van der Waals surface area (Å²) in [5.74, 6) is 1.45. The van der Waals surface area contributed by atoms with Crippen molar-refractivity contribution >= 4 is 11.4 Å². The lowest BCUT2D eigenvalue weighted by atomic mass is 10.3.